The van der Waals surface area contributed by atoms with Gasteiger partial charge < -0.3 is 9.66 Å². The van der Waals surface area contributed by atoms with E-state index in [-0.39, 0.29) is 35.7 Å². The fourth-order valence-corrected chi connectivity index (χ4v) is 4.38. The van der Waals surface area contributed by atoms with Crippen molar-refractivity contribution in [3.05, 3.63) is 0 Å². The molecule has 0 aromatic heterocycles. The Bertz CT molecular complexity index is 387. The first kappa shape index (κ1) is 29.1. The number of unbranched alkanes of at least 4 members (excludes halogenated alkanes) is 9. The summed E-state index contributed by atoms with van der Waals surface area (Å²) < 4.78 is 33.4. The molecule has 0 aliphatic rings. The molecule has 0 heterocycles. The molecule has 0 aromatic rings. The van der Waals surface area contributed by atoms with Crippen molar-refractivity contribution in [2.45, 2.75) is 128 Å². The summed E-state index contributed by atoms with van der Waals surface area (Å²) in [4.78, 5) is 0. The Morgan fingerprint density at radius 1 is 0.692 bits per heavy atom. The van der Waals surface area contributed by atoms with Gasteiger partial charge >= 0.3 is 29.6 Å². The molecule has 2 atom stereocenters. The van der Waals surface area contributed by atoms with Crippen molar-refractivity contribution in [1.29, 1.82) is 0 Å². The van der Waals surface area contributed by atoms with Crippen LogP contribution in [0, 0.1) is 0 Å². The molecular formula is C20H41NaO4S. The zero-order valence-electron chi connectivity index (χ0n) is 17.5. The molecule has 0 amide bonds. The quantitative estimate of drug-likeness (QED) is 0.218. The minimum atomic E-state index is -4.11. The van der Waals surface area contributed by atoms with Gasteiger partial charge in [0.2, 0.25) is 0 Å². The van der Waals surface area contributed by atoms with Crippen molar-refractivity contribution < 1.29 is 47.6 Å². The van der Waals surface area contributed by atoms with Gasteiger partial charge in [-0.1, -0.05) is 90.9 Å². The number of rotatable bonds is 18. The maximum absolute atomic E-state index is 11.1. The van der Waals surface area contributed by atoms with Gasteiger partial charge in [-0.3, -0.25) is 0 Å². The Balaban J connectivity index is 0. The minimum Gasteiger partial charge on any atom is -0.748 e. The van der Waals surface area contributed by atoms with Crippen LogP contribution in [0.2, 0.25) is 0 Å². The number of hydrogen-bond acceptors (Lipinski definition) is 4. The molecule has 0 fully saturated rings. The molecule has 6 heteroatoms. The van der Waals surface area contributed by atoms with Crippen molar-refractivity contribution in [2.75, 3.05) is 0 Å². The van der Waals surface area contributed by atoms with Gasteiger partial charge in [0.05, 0.1) is 16.2 Å². The van der Waals surface area contributed by atoms with Crippen molar-refractivity contribution in [1.82, 2.24) is 0 Å². The molecule has 26 heavy (non-hydrogen) atoms. The van der Waals surface area contributed by atoms with Gasteiger partial charge in [-0.2, -0.15) is 0 Å². The zero-order chi connectivity index (χ0) is 19.0. The molecule has 0 saturated carbocycles. The molecule has 0 radical (unpaired) electrons. The van der Waals surface area contributed by atoms with Gasteiger partial charge in [-0.15, -0.1) is 0 Å². The molecule has 0 saturated heterocycles. The van der Waals surface area contributed by atoms with E-state index in [2.05, 4.69) is 6.92 Å². The maximum Gasteiger partial charge on any atom is 1.00 e. The van der Waals surface area contributed by atoms with E-state index in [9.17, 15) is 18.1 Å². The van der Waals surface area contributed by atoms with Crippen LogP contribution >= 0.6 is 0 Å². The third-order valence-corrected chi connectivity index (χ3v) is 6.24. The summed E-state index contributed by atoms with van der Waals surface area (Å²) in [5.41, 5.74) is 0. The van der Waals surface area contributed by atoms with Gasteiger partial charge in [-0.25, -0.2) is 8.42 Å². The molecule has 1 N–H and O–H groups in total. The van der Waals surface area contributed by atoms with Crippen LogP contribution in [-0.4, -0.2) is 29.4 Å². The smallest absolute Gasteiger partial charge is 0.748 e. The van der Waals surface area contributed by atoms with Crippen molar-refractivity contribution in [3.8, 4) is 0 Å². The molecule has 0 spiro atoms. The summed E-state index contributed by atoms with van der Waals surface area (Å²) in [6.07, 6.45) is 16.3. The van der Waals surface area contributed by atoms with E-state index < -0.39 is 15.4 Å². The van der Waals surface area contributed by atoms with Crippen LogP contribution in [0.1, 0.15) is 117 Å². The van der Waals surface area contributed by atoms with E-state index in [4.69, 9.17) is 0 Å². The molecule has 0 aliphatic heterocycles. The summed E-state index contributed by atoms with van der Waals surface area (Å²) in [5, 5.41) is 8.98. The van der Waals surface area contributed by atoms with E-state index >= 15 is 0 Å². The van der Waals surface area contributed by atoms with E-state index in [0.717, 1.165) is 51.4 Å². The second kappa shape index (κ2) is 19.2. The average Bonchev–Trinajstić information content (AvgIpc) is 2.54. The van der Waals surface area contributed by atoms with Crippen LogP contribution in [0.15, 0.2) is 0 Å². The molecule has 2 unspecified atom stereocenters. The fourth-order valence-electron chi connectivity index (χ4n) is 3.40. The minimum absolute atomic E-state index is 0. The maximum atomic E-state index is 11.1. The standard InChI is InChI=1S/C20H42O4S.Na/c1-3-15-19(21)17-13-11-9-7-5-6-8-10-12-14-18-20(16-4-2)25(22,23)24;/h19-21H,3-18H2,1-2H3,(H,22,23,24);/q;+1/p-1. The zero-order valence-corrected chi connectivity index (χ0v) is 20.4. The predicted molar refractivity (Wildman–Crippen MR) is 105 cm³/mol. The SMILES string of the molecule is CCCC(O)CCCCCCCCCCCCC(CCC)S(=O)(=O)[O-].[Na+]. The Labute approximate surface area is 185 Å². The first-order valence-corrected chi connectivity index (χ1v) is 12.0. The van der Waals surface area contributed by atoms with Crippen LogP contribution < -0.4 is 29.6 Å². The van der Waals surface area contributed by atoms with Gasteiger partial charge in [0, 0.05) is 5.25 Å². The average molecular weight is 401 g/mol. The molecule has 0 rings (SSSR count). The number of hydrogen-bond donors (Lipinski definition) is 1. The normalized spacial score (nSPS) is 14.0. The number of aliphatic hydroxyl groups excluding tert-OH is 1. The fraction of sp³-hybridized carbons (Fsp3) is 1.00. The Morgan fingerprint density at radius 3 is 1.46 bits per heavy atom. The first-order chi connectivity index (χ1) is 11.9. The van der Waals surface area contributed by atoms with Crippen LogP contribution in [0.4, 0.5) is 0 Å². The van der Waals surface area contributed by atoms with Gasteiger partial charge in [0.1, 0.15) is 0 Å². The summed E-state index contributed by atoms with van der Waals surface area (Å²) >= 11 is 0. The molecule has 0 aliphatic carbocycles. The van der Waals surface area contributed by atoms with E-state index in [1.165, 1.54) is 38.5 Å². The van der Waals surface area contributed by atoms with Crippen molar-refractivity contribution in [3.63, 3.8) is 0 Å². The molecule has 152 valence electrons. The van der Waals surface area contributed by atoms with E-state index in [0.29, 0.717) is 12.8 Å². The van der Waals surface area contributed by atoms with Gasteiger partial charge in [0.15, 0.2) is 0 Å². The van der Waals surface area contributed by atoms with Crippen LogP contribution in [-0.2, 0) is 10.1 Å². The second-order valence-corrected chi connectivity index (χ2v) is 9.11. The monoisotopic (exact) mass is 400 g/mol. The molecule has 0 bridgehead atoms. The third kappa shape index (κ3) is 18.2. The third-order valence-electron chi connectivity index (χ3n) is 4.95. The molecular weight excluding hydrogens is 359 g/mol. The molecule has 0 aromatic carbocycles. The largest absolute Gasteiger partial charge is 1.00 e. The van der Waals surface area contributed by atoms with Crippen LogP contribution in [0.5, 0.6) is 0 Å². The van der Waals surface area contributed by atoms with E-state index in [1.54, 1.807) is 0 Å². The predicted octanol–water partition coefficient (Wildman–Crippen LogP) is 2.55. The first-order valence-electron chi connectivity index (χ1n) is 10.5. The summed E-state index contributed by atoms with van der Waals surface area (Å²) in [6, 6.07) is 0. The Morgan fingerprint density at radius 2 is 1.08 bits per heavy atom. The van der Waals surface area contributed by atoms with Crippen molar-refractivity contribution in [2.24, 2.45) is 0 Å². The summed E-state index contributed by atoms with van der Waals surface area (Å²) in [7, 11) is -4.11. The Kier molecular flexibility index (Phi) is 21.5. The number of aliphatic hydroxyl groups is 1. The van der Waals surface area contributed by atoms with Gasteiger partial charge in [-0.05, 0) is 25.7 Å². The Hall–Kier alpha value is 0.870. The summed E-state index contributed by atoms with van der Waals surface area (Å²) in [5.74, 6) is 0. The van der Waals surface area contributed by atoms with Crippen LogP contribution in [0.3, 0.4) is 0 Å². The topological polar surface area (TPSA) is 77.4 Å². The summed E-state index contributed by atoms with van der Waals surface area (Å²) in [6.45, 7) is 4.03. The van der Waals surface area contributed by atoms with Crippen LogP contribution in [0.25, 0.3) is 0 Å². The second-order valence-electron chi connectivity index (χ2n) is 7.46. The van der Waals surface area contributed by atoms with Crippen molar-refractivity contribution >= 4 is 10.1 Å². The van der Waals surface area contributed by atoms with Gasteiger partial charge in [0.25, 0.3) is 0 Å². The van der Waals surface area contributed by atoms with E-state index in [1.807, 2.05) is 6.92 Å². The molecule has 4 nitrogen and oxygen atoms in total.